The monoisotopic (exact) mass is 346 g/mol. The first kappa shape index (κ1) is 15.9. The van der Waals surface area contributed by atoms with E-state index in [4.69, 9.17) is 16.0 Å². The third-order valence-electron chi connectivity index (χ3n) is 3.30. The standard InChI is InChI=1S/C17H15ClN2O2S/c1-2-11-3-6-13(7-4-11)19-16(21)10-23-17-20-14-8-5-12(18)9-15(14)22-17/h3-9H,2,10H2,1H3,(H,19,21). The Morgan fingerprint density at radius 1 is 1.26 bits per heavy atom. The molecule has 1 amide bonds. The summed E-state index contributed by atoms with van der Waals surface area (Å²) >= 11 is 7.16. The Balaban J connectivity index is 1.58. The van der Waals surface area contributed by atoms with Crippen LogP contribution in [0.25, 0.3) is 11.1 Å². The highest BCUT2D eigenvalue weighted by Gasteiger charge is 2.10. The lowest BCUT2D eigenvalue weighted by Gasteiger charge is -2.04. The number of aryl methyl sites for hydroxylation is 1. The van der Waals surface area contributed by atoms with Crippen LogP contribution in [0.15, 0.2) is 52.1 Å². The summed E-state index contributed by atoms with van der Waals surface area (Å²) in [6.45, 7) is 2.09. The van der Waals surface area contributed by atoms with Gasteiger partial charge in [0.2, 0.25) is 5.91 Å². The number of rotatable bonds is 5. The second-order valence-corrected chi connectivity index (χ2v) is 6.34. The summed E-state index contributed by atoms with van der Waals surface area (Å²) in [4.78, 5) is 16.3. The smallest absolute Gasteiger partial charge is 0.257 e. The maximum absolute atomic E-state index is 12.0. The predicted octanol–water partition coefficient (Wildman–Crippen LogP) is 4.77. The number of amides is 1. The second kappa shape index (κ2) is 7.06. The van der Waals surface area contributed by atoms with Crippen molar-refractivity contribution in [2.45, 2.75) is 18.6 Å². The molecule has 0 radical (unpaired) electrons. The maximum atomic E-state index is 12.0. The Kier molecular flexibility index (Phi) is 4.88. The number of carbonyl (C=O) groups is 1. The molecule has 1 heterocycles. The van der Waals surface area contributed by atoms with Crippen molar-refractivity contribution in [3.8, 4) is 0 Å². The van der Waals surface area contributed by atoms with E-state index in [0.29, 0.717) is 15.8 Å². The molecule has 0 aliphatic carbocycles. The molecule has 1 N–H and O–H groups in total. The number of fused-ring (bicyclic) bond motifs is 1. The van der Waals surface area contributed by atoms with Crippen LogP contribution in [0, 0.1) is 0 Å². The number of halogens is 1. The molecule has 2 aromatic carbocycles. The van der Waals surface area contributed by atoms with Crippen molar-refractivity contribution < 1.29 is 9.21 Å². The van der Waals surface area contributed by atoms with Crippen LogP contribution in [-0.4, -0.2) is 16.6 Å². The van der Waals surface area contributed by atoms with Gasteiger partial charge in [-0.15, -0.1) is 0 Å². The van der Waals surface area contributed by atoms with Crippen molar-refractivity contribution in [1.29, 1.82) is 0 Å². The molecule has 1 aromatic heterocycles. The van der Waals surface area contributed by atoms with Gasteiger partial charge in [0.05, 0.1) is 5.75 Å². The predicted molar refractivity (Wildman–Crippen MR) is 94.2 cm³/mol. The summed E-state index contributed by atoms with van der Waals surface area (Å²) in [5.41, 5.74) is 3.38. The number of hydrogen-bond donors (Lipinski definition) is 1. The summed E-state index contributed by atoms with van der Waals surface area (Å²) < 4.78 is 5.57. The molecule has 0 unspecified atom stereocenters. The minimum atomic E-state index is -0.0977. The number of aromatic nitrogens is 1. The van der Waals surface area contributed by atoms with Crippen LogP contribution in [0.2, 0.25) is 5.02 Å². The molecule has 3 aromatic rings. The van der Waals surface area contributed by atoms with Gasteiger partial charge in [-0.2, -0.15) is 0 Å². The molecule has 4 nitrogen and oxygen atoms in total. The van der Waals surface area contributed by atoms with Gasteiger partial charge in [-0.25, -0.2) is 4.98 Å². The van der Waals surface area contributed by atoms with E-state index in [1.807, 2.05) is 24.3 Å². The topological polar surface area (TPSA) is 55.1 Å². The fraction of sp³-hybridized carbons (Fsp3) is 0.176. The zero-order valence-corrected chi connectivity index (χ0v) is 14.1. The van der Waals surface area contributed by atoms with Gasteiger partial charge < -0.3 is 9.73 Å². The summed E-state index contributed by atoms with van der Waals surface area (Å²) in [6, 6.07) is 13.1. The van der Waals surface area contributed by atoms with Crippen molar-refractivity contribution in [1.82, 2.24) is 4.98 Å². The van der Waals surface area contributed by atoms with Crippen LogP contribution in [0.5, 0.6) is 0 Å². The Morgan fingerprint density at radius 2 is 2.04 bits per heavy atom. The number of benzene rings is 2. The Bertz CT molecular complexity index is 830. The molecule has 0 aliphatic heterocycles. The molecule has 0 atom stereocenters. The van der Waals surface area contributed by atoms with E-state index in [-0.39, 0.29) is 11.7 Å². The van der Waals surface area contributed by atoms with Gasteiger partial charge in [0.1, 0.15) is 5.52 Å². The molecule has 0 spiro atoms. The first-order valence-corrected chi connectivity index (χ1v) is 8.58. The summed E-state index contributed by atoms with van der Waals surface area (Å²) in [5.74, 6) is 0.135. The van der Waals surface area contributed by atoms with Crippen molar-refractivity contribution in [2.24, 2.45) is 0 Å². The van der Waals surface area contributed by atoms with Crippen molar-refractivity contribution in [3.63, 3.8) is 0 Å². The van der Waals surface area contributed by atoms with E-state index in [2.05, 4.69) is 17.2 Å². The van der Waals surface area contributed by atoms with Gasteiger partial charge in [0.25, 0.3) is 5.22 Å². The number of nitrogens with one attached hydrogen (secondary N) is 1. The number of carbonyl (C=O) groups excluding carboxylic acids is 1. The molecular weight excluding hydrogens is 332 g/mol. The van der Waals surface area contributed by atoms with Gasteiger partial charge in [-0.05, 0) is 36.2 Å². The molecule has 0 saturated heterocycles. The molecular formula is C17H15ClN2O2S. The zero-order chi connectivity index (χ0) is 16.2. The summed E-state index contributed by atoms with van der Waals surface area (Å²) in [5, 5.41) is 3.91. The molecule has 3 rings (SSSR count). The van der Waals surface area contributed by atoms with E-state index >= 15 is 0 Å². The second-order valence-electron chi connectivity index (χ2n) is 4.98. The highest BCUT2D eigenvalue weighted by atomic mass is 35.5. The van der Waals surface area contributed by atoms with Gasteiger partial charge in [-0.1, -0.05) is 42.4 Å². The van der Waals surface area contributed by atoms with E-state index in [9.17, 15) is 4.79 Å². The van der Waals surface area contributed by atoms with Crippen LogP contribution in [0.3, 0.4) is 0 Å². The van der Waals surface area contributed by atoms with Gasteiger partial charge in [0.15, 0.2) is 5.58 Å². The van der Waals surface area contributed by atoms with Crippen molar-refractivity contribution >= 4 is 46.1 Å². The number of hydrogen-bond acceptors (Lipinski definition) is 4. The highest BCUT2D eigenvalue weighted by molar-refractivity contribution is 7.99. The number of thioether (sulfide) groups is 1. The molecule has 0 bridgehead atoms. The first-order chi connectivity index (χ1) is 11.1. The summed E-state index contributed by atoms with van der Waals surface area (Å²) in [7, 11) is 0. The minimum absolute atomic E-state index is 0.0977. The van der Waals surface area contributed by atoms with Gasteiger partial charge in [0, 0.05) is 16.8 Å². The van der Waals surface area contributed by atoms with E-state index in [0.717, 1.165) is 17.6 Å². The fourth-order valence-corrected chi connectivity index (χ4v) is 2.89. The van der Waals surface area contributed by atoms with Crippen LogP contribution in [0.4, 0.5) is 5.69 Å². The van der Waals surface area contributed by atoms with E-state index in [1.54, 1.807) is 18.2 Å². The summed E-state index contributed by atoms with van der Waals surface area (Å²) in [6.07, 6.45) is 0.978. The molecule has 6 heteroatoms. The van der Waals surface area contributed by atoms with Gasteiger partial charge >= 0.3 is 0 Å². The SMILES string of the molecule is CCc1ccc(NC(=O)CSc2nc3ccc(Cl)cc3o2)cc1. The number of oxazole rings is 1. The number of nitrogens with zero attached hydrogens (tertiary/aromatic N) is 1. The normalized spacial score (nSPS) is 10.9. The highest BCUT2D eigenvalue weighted by Crippen LogP contribution is 2.25. The molecule has 0 saturated carbocycles. The van der Waals surface area contributed by atoms with E-state index in [1.165, 1.54) is 17.3 Å². The Hall–Kier alpha value is -1.98. The average Bonchev–Trinajstić information content (AvgIpc) is 2.95. The number of anilines is 1. The third-order valence-corrected chi connectivity index (χ3v) is 4.37. The van der Waals surface area contributed by atoms with E-state index < -0.39 is 0 Å². The van der Waals surface area contributed by atoms with Crippen LogP contribution >= 0.6 is 23.4 Å². The maximum Gasteiger partial charge on any atom is 0.257 e. The molecule has 0 fully saturated rings. The lowest BCUT2D eigenvalue weighted by Crippen LogP contribution is -2.13. The Labute approximate surface area is 143 Å². The zero-order valence-electron chi connectivity index (χ0n) is 12.5. The largest absolute Gasteiger partial charge is 0.431 e. The molecule has 0 aliphatic rings. The lowest BCUT2D eigenvalue weighted by molar-refractivity contribution is -0.113. The lowest BCUT2D eigenvalue weighted by atomic mass is 10.1. The average molecular weight is 347 g/mol. The van der Waals surface area contributed by atoms with Crippen LogP contribution < -0.4 is 5.32 Å². The van der Waals surface area contributed by atoms with Crippen LogP contribution in [0.1, 0.15) is 12.5 Å². The fourth-order valence-electron chi connectivity index (χ4n) is 2.09. The first-order valence-electron chi connectivity index (χ1n) is 7.21. The quantitative estimate of drug-likeness (QED) is 0.676. The molecule has 23 heavy (non-hydrogen) atoms. The third kappa shape index (κ3) is 4.06. The van der Waals surface area contributed by atoms with Gasteiger partial charge in [-0.3, -0.25) is 4.79 Å². The van der Waals surface area contributed by atoms with Crippen LogP contribution in [-0.2, 0) is 11.2 Å². The Morgan fingerprint density at radius 3 is 2.78 bits per heavy atom. The van der Waals surface area contributed by atoms with Crippen molar-refractivity contribution in [2.75, 3.05) is 11.1 Å². The minimum Gasteiger partial charge on any atom is -0.431 e. The van der Waals surface area contributed by atoms with Crippen molar-refractivity contribution in [3.05, 3.63) is 53.1 Å². The molecule has 118 valence electrons.